The molecule has 27 heavy (non-hydrogen) atoms. The van der Waals surface area contributed by atoms with Gasteiger partial charge in [-0.2, -0.15) is 5.16 Å². The first kappa shape index (κ1) is 29.0. The molecule has 0 amide bonds. The molecule has 0 bridgehead atoms. The van der Waals surface area contributed by atoms with Crippen LogP contribution in [0.3, 0.4) is 0 Å². The summed E-state index contributed by atoms with van der Waals surface area (Å²) in [6.45, 7) is 15.1. The van der Waals surface area contributed by atoms with Crippen molar-refractivity contribution in [3.05, 3.63) is 5.41 Å². The molecule has 0 aromatic rings. The first-order chi connectivity index (χ1) is 13.2. The molecule has 0 aliphatic heterocycles. The van der Waals surface area contributed by atoms with E-state index in [0.717, 1.165) is 0 Å². The van der Waals surface area contributed by atoms with Gasteiger partial charge in [-0.1, -0.05) is 90.8 Å². The average Bonchev–Trinajstić information content (AvgIpc) is 2.67. The molecule has 0 aliphatic carbocycles. The zero-order valence-electron chi connectivity index (χ0n) is 19.2. The minimum atomic E-state index is 1.33. The minimum Gasteiger partial charge on any atom is -0.753 e. The number of hydrogen-bond acceptors (Lipinski definition) is 1. The van der Waals surface area contributed by atoms with Gasteiger partial charge in [0.2, 0.25) is 0 Å². The number of thiocarbonyl (C=S) groups is 1. The van der Waals surface area contributed by atoms with Gasteiger partial charge >= 0.3 is 0 Å². The van der Waals surface area contributed by atoms with Crippen molar-refractivity contribution >= 4 is 17.4 Å². The first-order valence-corrected chi connectivity index (χ1v) is 12.4. The molecular weight excluding hydrogens is 348 g/mol. The number of hydrogen-bond donors (Lipinski definition) is 0. The molecule has 0 aliphatic rings. The number of rotatable bonds is 19. The molecule has 0 saturated carbocycles. The van der Waals surface area contributed by atoms with Crippen LogP contribution in [0.25, 0.3) is 5.41 Å². The lowest BCUT2D eigenvalue weighted by Gasteiger charge is -2.38. The predicted molar refractivity (Wildman–Crippen MR) is 128 cm³/mol. The zero-order valence-corrected chi connectivity index (χ0v) is 20.1. The molecule has 0 aromatic heterocycles. The molecule has 3 heteroatoms. The third-order valence-corrected chi connectivity index (χ3v) is 5.88. The summed E-state index contributed by atoms with van der Waals surface area (Å²) >= 11 is 3.70. The quantitative estimate of drug-likeness (QED) is 0.0926. The summed E-state index contributed by atoms with van der Waals surface area (Å²) in [5.74, 6) is 0. The van der Waals surface area contributed by atoms with Crippen LogP contribution in [0.15, 0.2) is 0 Å². The second kappa shape index (κ2) is 23.8. The van der Waals surface area contributed by atoms with Crippen molar-refractivity contribution in [2.75, 3.05) is 26.2 Å². The molecule has 162 valence electrons. The third-order valence-electron chi connectivity index (χ3n) is 5.88. The molecule has 0 heterocycles. The summed E-state index contributed by atoms with van der Waals surface area (Å²) in [6.07, 6.45) is 21.5. The highest BCUT2D eigenvalue weighted by Crippen LogP contribution is 2.17. The number of quaternary nitrogens is 1. The zero-order chi connectivity index (χ0) is 20.6. The average molecular weight is 399 g/mol. The molecule has 0 atom stereocenters. The minimum absolute atomic E-state index is 1.33. The Morgan fingerprint density at radius 2 is 0.815 bits per heavy atom. The van der Waals surface area contributed by atoms with Crippen molar-refractivity contribution in [1.29, 1.82) is 0 Å². The predicted octanol–water partition coefficient (Wildman–Crippen LogP) is 8.39. The van der Waals surface area contributed by atoms with Crippen LogP contribution in [0, 0.1) is 0 Å². The first-order valence-electron chi connectivity index (χ1n) is 12.0. The summed E-state index contributed by atoms with van der Waals surface area (Å²) in [5.41, 5.74) is 0. The maximum absolute atomic E-state index is 7.13. The van der Waals surface area contributed by atoms with Gasteiger partial charge in [0.1, 0.15) is 0 Å². The van der Waals surface area contributed by atoms with Gasteiger partial charge in [0.05, 0.1) is 26.2 Å². The molecule has 0 rings (SSSR count). The summed E-state index contributed by atoms with van der Waals surface area (Å²) < 4.78 is 1.42. The fourth-order valence-corrected chi connectivity index (χ4v) is 3.96. The second-order valence-corrected chi connectivity index (χ2v) is 8.35. The van der Waals surface area contributed by atoms with Crippen LogP contribution in [-0.4, -0.2) is 35.8 Å². The van der Waals surface area contributed by atoms with Crippen molar-refractivity contribution in [2.45, 2.75) is 124 Å². The van der Waals surface area contributed by atoms with Crippen molar-refractivity contribution in [1.82, 2.24) is 0 Å². The highest BCUT2D eigenvalue weighted by Gasteiger charge is 2.23. The van der Waals surface area contributed by atoms with Gasteiger partial charge in [-0.3, -0.25) is 0 Å². The Bertz CT molecular complexity index is 275. The van der Waals surface area contributed by atoms with E-state index in [1.807, 2.05) is 0 Å². The van der Waals surface area contributed by atoms with Gasteiger partial charge < -0.3 is 9.89 Å². The van der Waals surface area contributed by atoms with Crippen molar-refractivity contribution in [3.63, 3.8) is 0 Å². The number of isothiocyanates is 1. The lowest BCUT2D eigenvalue weighted by atomic mass is 10.1. The Kier molecular flexibility index (Phi) is 25.5. The fourth-order valence-electron chi connectivity index (χ4n) is 3.96. The largest absolute Gasteiger partial charge is 0.753 e. The van der Waals surface area contributed by atoms with Gasteiger partial charge in [-0.15, -0.1) is 0 Å². The summed E-state index contributed by atoms with van der Waals surface area (Å²) in [4.78, 5) is 0. The van der Waals surface area contributed by atoms with Crippen molar-refractivity contribution in [3.8, 4) is 0 Å². The Hall–Kier alpha value is -0.240. The Morgan fingerprint density at radius 3 is 1.04 bits per heavy atom. The molecule has 0 saturated heterocycles. The lowest BCUT2D eigenvalue weighted by molar-refractivity contribution is -0.927. The topological polar surface area (TPSA) is 22.3 Å². The standard InChI is InChI=1S/C23H50N.CNS/c1-5-9-12-15-18-21-24(8-4,22-19-16-13-10-6-2)23-20-17-14-11-7-3;2-1-3/h5-23H2,1-4H3;/q+1;-1. The van der Waals surface area contributed by atoms with Gasteiger partial charge in [0.15, 0.2) is 0 Å². The number of nitrogens with zero attached hydrogens (tertiary/aromatic N) is 2. The summed E-state index contributed by atoms with van der Waals surface area (Å²) in [5, 5.41) is 8.47. The summed E-state index contributed by atoms with van der Waals surface area (Å²) in [6, 6.07) is 0. The molecule has 0 N–H and O–H groups in total. The van der Waals surface area contributed by atoms with Gasteiger partial charge in [-0.25, -0.2) is 0 Å². The van der Waals surface area contributed by atoms with E-state index in [2.05, 4.69) is 39.9 Å². The lowest BCUT2D eigenvalue weighted by Crippen LogP contribution is -2.50. The second-order valence-electron chi connectivity index (χ2n) is 8.16. The van der Waals surface area contributed by atoms with Crippen LogP contribution < -0.4 is 0 Å². The highest BCUT2D eigenvalue weighted by molar-refractivity contribution is 7.78. The van der Waals surface area contributed by atoms with Crippen LogP contribution in [0.4, 0.5) is 0 Å². The third kappa shape index (κ3) is 20.3. The van der Waals surface area contributed by atoms with Crippen molar-refractivity contribution < 1.29 is 4.48 Å². The van der Waals surface area contributed by atoms with Gasteiger partial charge in [-0.05, 0) is 45.4 Å². The number of unbranched alkanes of at least 4 members (excludes halogenated alkanes) is 12. The molecule has 0 aromatic carbocycles. The highest BCUT2D eigenvalue weighted by atomic mass is 32.1. The molecule has 0 spiro atoms. The SMILES string of the molecule is CCCCCCC[N+](CC)(CCCCCCC)CCCCCCC.[N-]=C=S. The van der Waals surface area contributed by atoms with E-state index < -0.39 is 0 Å². The van der Waals surface area contributed by atoms with Crippen LogP contribution in [0.2, 0.25) is 0 Å². The van der Waals surface area contributed by atoms with E-state index in [1.54, 1.807) is 0 Å². The molecular formula is C24H50N2S. The maximum atomic E-state index is 7.13. The Labute approximate surface area is 177 Å². The fraction of sp³-hybridized carbons (Fsp3) is 0.958. The van der Waals surface area contributed by atoms with Crippen LogP contribution in [0.5, 0.6) is 0 Å². The van der Waals surface area contributed by atoms with Crippen LogP contribution in [0.1, 0.15) is 124 Å². The van der Waals surface area contributed by atoms with Crippen LogP contribution >= 0.6 is 12.2 Å². The van der Waals surface area contributed by atoms with E-state index in [-0.39, 0.29) is 0 Å². The monoisotopic (exact) mass is 398 g/mol. The smallest absolute Gasteiger partial charge is 0.0786 e. The van der Waals surface area contributed by atoms with Gasteiger partial charge in [0, 0.05) is 0 Å². The molecule has 0 fully saturated rings. The van der Waals surface area contributed by atoms with E-state index in [1.165, 1.54) is 132 Å². The van der Waals surface area contributed by atoms with Gasteiger partial charge in [0.25, 0.3) is 0 Å². The van der Waals surface area contributed by atoms with Crippen LogP contribution in [-0.2, 0) is 0 Å². The Balaban J connectivity index is 0. The van der Waals surface area contributed by atoms with E-state index in [4.69, 9.17) is 5.41 Å². The van der Waals surface area contributed by atoms with Crippen molar-refractivity contribution in [2.24, 2.45) is 0 Å². The molecule has 0 radical (unpaired) electrons. The molecule has 0 unspecified atom stereocenters. The Morgan fingerprint density at radius 1 is 0.556 bits per heavy atom. The molecule has 2 nitrogen and oxygen atoms in total. The normalized spacial score (nSPS) is 11.0. The maximum Gasteiger partial charge on any atom is 0.0786 e. The summed E-state index contributed by atoms with van der Waals surface area (Å²) in [7, 11) is 0. The van der Waals surface area contributed by atoms with E-state index in [9.17, 15) is 0 Å². The van der Waals surface area contributed by atoms with E-state index in [0.29, 0.717) is 0 Å². The van der Waals surface area contributed by atoms with E-state index >= 15 is 0 Å².